The first kappa shape index (κ1) is 10.1. The number of para-hydroxylation sites is 1. The van der Waals surface area contributed by atoms with Crippen molar-refractivity contribution in [3.63, 3.8) is 0 Å². The Morgan fingerprint density at radius 3 is 2.65 bits per heavy atom. The van der Waals surface area contributed by atoms with Crippen LogP contribution in [-0.4, -0.2) is 12.3 Å². The first-order valence-electron chi connectivity index (χ1n) is 5.82. The van der Waals surface area contributed by atoms with E-state index in [0.29, 0.717) is 0 Å². The predicted molar refractivity (Wildman–Crippen MR) is 68.5 cm³/mol. The van der Waals surface area contributed by atoms with Crippen molar-refractivity contribution in [2.24, 2.45) is 0 Å². The van der Waals surface area contributed by atoms with Crippen LogP contribution in [0.4, 0.5) is 5.69 Å². The van der Waals surface area contributed by atoms with E-state index in [1.165, 1.54) is 5.56 Å². The molecule has 0 spiro atoms. The van der Waals surface area contributed by atoms with E-state index in [-0.39, 0.29) is 5.78 Å². The molecule has 1 heterocycles. The van der Waals surface area contributed by atoms with Crippen molar-refractivity contribution >= 4 is 11.5 Å². The first-order chi connectivity index (χ1) is 8.36. The Morgan fingerprint density at radius 2 is 1.82 bits per heavy atom. The minimum atomic E-state index is 0.0943. The van der Waals surface area contributed by atoms with Gasteiger partial charge in [0.15, 0.2) is 5.78 Å². The highest BCUT2D eigenvalue weighted by Crippen LogP contribution is 2.28. The summed E-state index contributed by atoms with van der Waals surface area (Å²) in [5.41, 5.74) is 3.79. The molecule has 2 aromatic carbocycles. The lowest BCUT2D eigenvalue weighted by atomic mass is 9.99. The Morgan fingerprint density at radius 1 is 1.00 bits per heavy atom. The summed E-state index contributed by atoms with van der Waals surface area (Å²) in [6.07, 6.45) is 1.01. The number of carbonyl (C=O) groups is 1. The van der Waals surface area contributed by atoms with Gasteiger partial charge in [-0.15, -0.1) is 0 Å². The minimum Gasteiger partial charge on any atom is -0.384 e. The van der Waals surface area contributed by atoms with Gasteiger partial charge in [0.05, 0.1) is 0 Å². The summed E-state index contributed by atoms with van der Waals surface area (Å²) in [5.74, 6) is 0.0943. The standard InChI is InChI=1S/C15H13NO/c17-15(12-5-2-1-3-6-12)13-8-4-7-11-9-10-16-14(11)13/h1-8,16H,9-10H2. The second kappa shape index (κ2) is 4.06. The summed E-state index contributed by atoms with van der Waals surface area (Å²) >= 11 is 0. The number of carbonyl (C=O) groups excluding carboxylic acids is 1. The number of hydrogen-bond acceptors (Lipinski definition) is 2. The number of anilines is 1. The van der Waals surface area contributed by atoms with Crippen molar-refractivity contribution in [3.8, 4) is 0 Å². The number of benzene rings is 2. The molecule has 2 aromatic rings. The number of ketones is 1. The van der Waals surface area contributed by atoms with Crippen LogP contribution < -0.4 is 5.32 Å². The van der Waals surface area contributed by atoms with Gasteiger partial charge in [-0.05, 0) is 18.1 Å². The lowest BCUT2D eigenvalue weighted by Gasteiger charge is -2.07. The highest BCUT2D eigenvalue weighted by Gasteiger charge is 2.18. The molecule has 17 heavy (non-hydrogen) atoms. The fourth-order valence-electron chi connectivity index (χ4n) is 2.27. The Kier molecular flexibility index (Phi) is 2.41. The number of hydrogen-bond donors (Lipinski definition) is 1. The fourth-order valence-corrected chi connectivity index (χ4v) is 2.27. The zero-order valence-corrected chi connectivity index (χ0v) is 9.44. The van der Waals surface area contributed by atoms with Crippen molar-refractivity contribution in [2.75, 3.05) is 11.9 Å². The normalized spacial score (nSPS) is 12.9. The molecule has 2 heteroatoms. The number of rotatable bonds is 2. The molecular formula is C15H13NO. The van der Waals surface area contributed by atoms with E-state index >= 15 is 0 Å². The molecule has 1 N–H and O–H groups in total. The van der Waals surface area contributed by atoms with Crippen molar-refractivity contribution in [1.82, 2.24) is 0 Å². The second-order valence-corrected chi connectivity index (χ2v) is 4.21. The molecule has 0 aromatic heterocycles. The Hall–Kier alpha value is -2.09. The number of fused-ring (bicyclic) bond motifs is 1. The zero-order valence-electron chi connectivity index (χ0n) is 9.44. The molecule has 0 radical (unpaired) electrons. The molecule has 3 rings (SSSR count). The molecule has 0 unspecified atom stereocenters. The summed E-state index contributed by atoms with van der Waals surface area (Å²) in [5, 5.41) is 3.30. The Labute approximate surface area is 100 Å². The summed E-state index contributed by atoms with van der Waals surface area (Å²) < 4.78 is 0. The highest BCUT2D eigenvalue weighted by atomic mass is 16.1. The molecule has 0 aliphatic carbocycles. The van der Waals surface area contributed by atoms with E-state index in [4.69, 9.17) is 0 Å². The van der Waals surface area contributed by atoms with Gasteiger partial charge in [-0.2, -0.15) is 0 Å². The summed E-state index contributed by atoms with van der Waals surface area (Å²) in [7, 11) is 0. The van der Waals surface area contributed by atoms with Crippen LogP contribution in [0.3, 0.4) is 0 Å². The zero-order chi connectivity index (χ0) is 11.7. The lowest BCUT2D eigenvalue weighted by molar-refractivity contribution is 0.103. The van der Waals surface area contributed by atoms with Gasteiger partial charge in [0.25, 0.3) is 0 Å². The van der Waals surface area contributed by atoms with E-state index < -0.39 is 0 Å². The average Bonchev–Trinajstić information content (AvgIpc) is 2.87. The third kappa shape index (κ3) is 1.72. The van der Waals surface area contributed by atoms with Gasteiger partial charge in [0, 0.05) is 23.4 Å². The van der Waals surface area contributed by atoms with Crippen molar-refractivity contribution in [3.05, 3.63) is 65.2 Å². The fraction of sp³-hybridized carbons (Fsp3) is 0.133. The highest BCUT2D eigenvalue weighted by molar-refractivity contribution is 6.12. The Bertz CT molecular complexity index is 560. The predicted octanol–water partition coefficient (Wildman–Crippen LogP) is 2.89. The van der Waals surface area contributed by atoms with Gasteiger partial charge in [0.1, 0.15) is 0 Å². The molecule has 0 saturated carbocycles. The third-order valence-corrected chi connectivity index (χ3v) is 3.13. The van der Waals surface area contributed by atoms with Crippen LogP contribution in [0.25, 0.3) is 0 Å². The minimum absolute atomic E-state index is 0.0943. The van der Waals surface area contributed by atoms with Gasteiger partial charge < -0.3 is 5.32 Å². The average molecular weight is 223 g/mol. The summed E-state index contributed by atoms with van der Waals surface area (Å²) in [4.78, 5) is 12.4. The molecule has 1 aliphatic rings. The van der Waals surface area contributed by atoms with E-state index in [2.05, 4.69) is 11.4 Å². The maximum Gasteiger partial charge on any atom is 0.195 e. The molecule has 1 aliphatic heterocycles. The van der Waals surface area contributed by atoms with E-state index in [1.807, 2.05) is 42.5 Å². The SMILES string of the molecule is O=C(c1ccccc1)c1cccc2c1NCC2. The van der Waals surface area contributed by atoms with E-state index in [0.717, 1.165) is 29.8 Å². The van der Waals surface area contributed by atoms with Crippen LogP contribution in [-0.2, 0) is 6.42 Å². The molecule has 0 saturated heterocycles. The molecule has 84 valence electrons. The van der Waals surface area contributed by atoms with Crippen LogP contribution in [0.2, 0.25) is 0 Å². The van der Waals surface area contributed by atoms with Gasteiger partial charge in [-0.3, -0.25) is 4.79 Å². The van der Waals surface area contributed by atoms with Crippen molar-refractivity contribution < 1.29 is 4.79 Å². The van der Waals surface area contributed by atoms with Gasteiger partial charge in [-0.1, -0.05) is 42.5 Å². The molecule has 0 amide bonds. The summed E-state index contributed by atoms with van der Waals surface area (Å²) in [6.45, 7) is 0.925. The molecule has 0 atom stereocenters. The van der Waals surface area contributed by atoms with Crippen molar-refractivity contribution in [2.45, 2.75) is 6.42 Å². The lowest BCUT2D eigenvalue weighted by Crippen LogP contribution is -2.05. The van der Waals surface area contributed by atoms with Gasteiger partial charge in [0.2, 0.25) is 0 Å². The second-order valence-electron chi connectivity index (χ2n) is 4.21. The van der Waals surface area contributed by atoms with Gasteiger partial charge in [-0.25, -0.2) is 0 Å². The van der Waals surface area contributed by atoms with Crippen LogP contribution in [0, 0.1) is 0 Å². The molecule has 0 bridgehead atoms. The quantitative estimate of drug-likeness (QED) is 0.793. The van der Waals surface area contributed by atoms with Crippen LogP contribution in [0.1, 0.15) is 21.5 Å². The third-order valence-electron chi connectivity index (χ3n) is 3.13. The molecular weight excluding hydrogens is 210 g/mol. The maximum atomic E-state index is 12.4. The van der Waals surface area contributed by atoms with Crippen LogP contribution in [0.5, 0.6) is 0 Å². The Balaban J connectivity index is 2.06. The first-order valence-corrected chi connectivity index (χ1v) is 5.82. The summed E-state index contributed by atoms with van der Waals surface area (Å²) in [6, 6.07) is 15.4. The topological polar surface area (TPSA) is 29.1 Å². The van der Waals surface area contributed by atoms with Crippen LogP contribution >= 0.6 is 0 Å². The maximum absolute atomic E-state index is 12.4. The largest absolute Gasteiger partial charge is 0.384 e. The number of nitrogens with one attached hydrogen (secondary N) is 1. The van der Waals surface area contributed by atoms with Gasteiger partial charge >= 0.3 is 0 Å². The van der Waals surface area contributed by atoms with E-state index in [1.54, 1.807) is 0 Å². The monoisotopic (exact) mass is 223 g/mol. The molecule has 0 fully saturated rings. The smallest absolute Gasteiger partial charge is 0.195 e. The van der Waals surface area contributed by atoms with E-state index in [9.17, 15) is 4.79 Å². The molecule has 2 nitrogen and oxygen atoms in total. The van der Waals surface area contributed by atoms with Crippen molar-refractivity contribution in [1.29, 1.82) is 0 Å². The van der Waals surface area contributed by atoms with Crippen LogP contribution in [0.15, 0.2) is 48.5 Å².